The van der Waals surface area contributed by atoms with E-state index in [-0.39, 0.29) is 29.1 Å². The van der Waals surface area contributed by atoms with Crippen LogP contribution in [-0.2, 0) is 9.47 Å². The molecule has 0 aromatic heterocycles. The molecular formula is C24H27N4O4+. The van der Waals surface area contributed by atoms with E-state index in [1.165, 1.54) is 6.20 Å². The SMILES string of the molecule is Cc1ccc(C(=O)NC2CC2)cc1[NH+]=C(N)C(=CN)C(=O)c1cccc(C2OCCO2)c1. The molecule has 8 heteroatoms. The van der Waals surface area contributed by atoms with Crippen LogP contribution in [0.2, 0.25) is 0 Å². The molecule has 1 saturated carbocycles. The third kappa shape index (κ3) is 4.87. The Bertz CT molecular complexity index is 1100. The van der Waals surface area contributed by atoms with Crippen molar-refractivity contribution < 1.29 is 24.1 Å². The number of carbonyl (C=O) groups excluding carboxylic acids is 2. The monoisotopic (exact) mass is 435 g/mol. The lowest BCUT2D eigenvalue weighted by Gasteiger charge is -2.11. The van der Waals surface area contributed by atoms with Crippen LogP contribution in [0.5, 0.6) is 0 Å². The van der Waals surface area contributed by atoms with Gasteiger partial charge in [-0.2, -0.15) is 0 Å². The van der Waals surface area contributed by atoms with Crippen molar-refractivity contribution in [1.82, 2.24) is 5.32 Å². The Morgan fingerprint density at radius 1 is 1.09 bits per heavy atom. The molecule has 1 aliphatic carbocycles. The summed E-state index contributed by atoms with van der Waals surface area (Å²) < 4.78 is 11.0. The number of amides is 1. The molecule has 2 aromatic carbocycles. The first kappa shape index (κ1) is 21.7. The van der Waals surface area contributed by atoms with Crippen LogP contribution in [0, 0.1) is 6.92 Å². The summed E-state index contributed by atoms with van der Waals surface area (Å²) in [6, 6.07) is 12.6. The van der Waals surface area contributed by atoms with Crippen LogP contribution in [-0.4, -0.2) is 36.8 Å². The Labute approximate surface area is 186 Å². The summed E-state index contributed by atoms with van der Waals surface area (Å²) in [6.45, 7) is 2.91. The van der Waals surface area contributed by atoms with E-state index in [0.717, 1.165) is 24.0 Å². The molecular weight excluding hydrogens is 408 g/mol. The number of hydrogen-bond donors (Lipinski definition) is 4. The van der Waals surface area contributed by atoms with E-state index in [2.05, 4.69) is 10.3 Å². The van der Waals surface area contributed by atoms with Crippen molar-refractivity contribution >= 4 is 23.2 Å². The minimum atomic E-state index is -0.486. The summed E-state index contributed by atoms with van der Waals surface area (Å²) in [5.74, 6) is -0.371. The lowest BCUT2D eigenvalue weighted by molar-refractivity contribution is -0.354. The Balaban J connectivity index is 1.57. The summed E-state index contributed by atoms with van der Waals surface area (Å²) in [4.78, 5) is 28.6. The second-order valence-corrected chi connectivity index (χ2v) is 7.92. The third-order valence-corrected chi connectivity index (χ3v) is 5.43. The van der Waals surface area contributed by atoms with Gasteiger partial charge in [0.05, 0.1) is 13.2 Å². The largest absolute Gasteiger partial charge is 0.404 e. The number of rotatable bonds is 7. The summed E-state index contributed by atoms with van der Waals surface area (Å²) in [5.41, 5.74) is 15.3. The van der Waals surface area contributed by atoms with Gasteiger partial charge in [0.25, 0.3) is 11.7 Å². The average Bonchev–Trinajstić information content (AvgIpc) is 3.43. The van der Waals surface area contributed by atoms with Crippen LogP contribution in [0.4, 0.5) is 5.69 Å². The highest BCUT2D eigenvalue weighted by Crippen LogP contribution is 2.24. The van der Waals surface area contributed by atoms with Gasteiger partial charge in [-0.15, -0.1) is 0 Å². The van der Waals surface area contributed by atoms with Crippen molar-refractivity contribution in [2.75, 3.05) is 13.2 Å². The molecule has 1 heterocycles. The normalized spacial score (nSPS) is 17.4. The Hall–Kier alpha value is -3.49. The molecule has 4 rings (SSSR count). The first-order chi connectivity index (χ1) is 15.5. The Morgan fingerprint density at radius 3 is 2.53 bits per heavy atom. The highest BCUT2D eigenvalue weighted by atomic mass is 16.7. The van der Waals surface area contributed by atoms with Crippen LogP contribution in [0.25, 0.3) is 0 Å². The number of amidine groups is 1. The molecule has 2 fully saturated rings. The van der Waals surface area contributed by atoms with E-state index in [4.69, 9.17) is 20.9 Å². The summed E-state index contributed by atoms with van der Waals surface area (Å²) >= 11 is 0. The van der Waals surface area contributed by atoms with Crippen LogP contribution in [0.1, 0.15) is 51.0 Å². The Morgan fingerprint density at radius 2 is 1.84 bits per heavy atom. The van der Waals surface area contributed by atoms with Crippen LogP contribution in [0.3, 0.4) is 0 Å². The van der Waals surface area contributed by atoms with Crippen LogP contribution in [0.15, 0.2) is 54.2 Å². The Kier molecular flexibility index (Phi) is 6.34. The lowest BCUT2D eigenvalue weighted by Crippen LogP contribution is -2.70. The zero-order chi connectivity index (χ0) is 22.7. The molecule has 1 aliphatic heterocycles. The average molecular weight is 436 g/mol. The quantitative estimate of drug-likeness (QED) is 0.219. The van der Waals surface area contributed by atoms with Gasteiger partial charge in [-0.05, 0) is 43.5 Å². The van der Waals surface area contributed by atoms with E-state index in [9.17, 15) is 9.59 Å². The minimum absolute atomic E-state index is 0.0964. The first-order valence-corrected chi connectivity index (χ1v) is 10.6. The molecule has 32 heavy (non-hydrogen) atoms. The number of aryl methyl sites for hydroxylation is 1. The fraction of sp³-hybridized carbons (Fsp3) is 0.292. The van der Waals surface area contributed by atoms with Crippen molar-refractivity contribution in [3.8, 4) is 0 Å². The number of nitrogens with two attached hydrogens (primary N) is 2. The standard InChI is InChI=1S/C24H26N4O4/c1-14-5-6-16(23(30)27-18-7-8-18)12-20(14)28-22(26)19(13-25)21(29)15-3-2-4-17(11-15)24-31-9-10-32-24/h2-6,11-13,18,24H,7-10,25H2,1H3,(H2,26,28)(H,27,30)/p+1. The third-order valence-electron chi connectivity index (χ3n) is 5.43. The number of ketones is 1. The molecule has 6 N–H and O–H groups in total. The maximum atomic E-state index is 13.1. The number of hydrogen-bond acceptors (Lipinski definition) is 5. The number of Topliss-reactive ketones (excluding diaryl/α,β-unsaturated/α-hetero) is 1. The number of carbonyl (C=O) groups is 2. The highest BCUT2D eigenvalue weighted by Gasteiger charge is 2.25. The predicted molar refractivity (Wildman–Crippen MR) is 119 cm³/mol. The number of nitrogens with one attached hydrogen (secondary N) is 2. The summed E-state index contributed by atoms with van der Waals surface area (Å²) in [6.07, 6.45) is 2.71. The fourth-order valence-electron chi connectivity index (χ4n) is 3.43. The van der Waals surface area contributed by atoms with Gasteiger partial charge in [-0.1, -0.05) is 24.3 Å². The zero-order valence-corrected chi connectivity index (χ0v) is 17.9. The van der Waals surface area contributed by atoms with Crippen LogP contribution >= 0.6 is 0 Å². The maximum absolute atomic E-state index is 13.1. The molecule has 1 saturated heterocycles. The van der Waals surface area contributed by atoms with Gasteiger partial charge >= 0.3 is 0 Å². The smallest absolute Gasteiger partial charge is 0.283 e. The molecule has 0 radical (unpaired) electrons. The van der Waals surface area contributed by atoms with Gasteiger partial charge in [-0.3, -0.25) is 15.3 Å². The first-order valence-electron chi connectivity index (χ1n) is 10.6. The minimum Gasteiger partial charge on any atom is -0.404 e. The molecule has 2 aliphatic rings. The van der Waals surface area contributed by atoms with Crippen molar-refractivity contribution in [2.24, 2.45) is 11.5 Å². The molecule has 2 aromatic rings. The van der Waals surface area contributed by atoms with Crippen LogP contribution < -0.4 is 21.8 Å². The van der Waals surface area contributed by atoms with Crippen molar-refractivity contribution in [3.05, 3.63) is 76.5 Å². The topological polar surface area (TPSA) is 131 Å². The molecule has 0 bridgehead atoms. The maximum Gasteiger partial charge on any atom is 0.283 e. The van der Waals surface area contributed by atoms with Gasteiger partial charge in [0.1, 0.15) is 11.3 Å². The van der Waals surface area contributed by atoms with Crippen molar-refractivity contribution in [2.45, 2.75) is 32.1 Å². The fourth-order valence-corrected chi connectivity index (χ4v) is 3.43. The van der Waals surface area contributed by atoms with Gasteiger partial charge in [-0.25, -0.2) is 4.99 Å². The molecule has 166 valence electrons. The second kappa shape index (κ2) is 9.33. The number of benzene rings is 2. The van der Waals surface area contributed by atoms with Gasteiger partial charge in [0.15, 0.2) is 6.29 Å². The molecule has 8 nitrogen and oxygen atoms in total. The molecule has 0 atom stereocenters. The van der Waals surface area contributed by atoms with E-state index < -0.39 is 6.29 Å². The molecule has 0 spiro atoms. The van der Waals surface area contributed by atoms with Crippen molar-refractivity contribution in [3.63, 3.8) is 0 Å². The number of ether oxygens (including phenoxy) is 2. The van der Waals surface area contributed by atoms with E-state index in [1.54, 1.807) is 30.3 Å². The van der Waals surface area contributed by atoms with E-state index in [1.807, 2.05) is 19.1 Å². The summed E-state index contributed by atoms with van der Waals surface area (Å²) in [7, 11) is 0. The highest BCUT2D eigenvalue weighted by molar-refractivity contribution is 6.25. The zero-order valence-electron chi connectivity index (χ0n) is 17.9. The summed E-state index contributed by atoms with van der Waals surface area (Å²) in [5, 5.41) is 2.96. The van der Waals surface area contributed by atoms with E-state index >= 15 is 0 Å². The van der Waals surface area contributed by atoms with E-state index in [0.29, 0.717) is 30.0 Å². The van der Waals surface area contributed by atoms with Gasteiger partial charge in [0.2, 0.25) is 5.78 Å². The van der Waals surface area contributed by atoms with Gasteiger partial charge < -0.3 is 20.5 Å². The molecule has 0 unspecified atom stereocenters. The predicted octanol–water partition coefficient (Wildman–Crippen LogP) is 0.727. The van der Waals surface area contributed by atoms with Crippen molar-refractivity contribution in [1.29, 1.82) is 0 Å². The lowest BCUT2D eigenvalue weighted by atomic mass is 10.0. The molecule has 1 amide bonds. The second-order valence-electron chi connectivity index (χ2n) is 7.92. The van der Waals surface area contributed by atoms with Gasteiger partial charge in [0, 0.05) is 28.9 Å².